The maximum absolute atomic E-state index is 12.6. The minimum atomic E-state index is -0.347. The zero-order chi connectivity index (χ0) is 15.6. The Hall–Kier alpha value is -1.75. The van der Waals surface area contributed by atoms with E-state index in [1.54, 1.807) is 18.2 Å². The standard InChI is InChI=1S/C15H20ClN3O2/c1-10-9-11(16)3-4-12(10)13(20)19-7-5-15(2,6-8-19)14(17)18-21/h3-4,9,21H,5-8H2,1-2H3,(H2,17,18). The number of carbonyl (C=O) groups excluding carboxylic acids is 1. The number of amides is 1. The highest BCUT2D eigenvalue weighted by atomic mass is 35.5. The van der Waals surface area contributed by atoms with Gasteiger partial charge in [-0.3, -0.25) is 4.79 Å². The third kappa shape index (κ3) is 3.13. The summed E-state index contributed by atoms with van der Waals surface area (Å²) in [4.78, 5) is 14.4. The average molecular weight is 310 g/mol. The number of oxime groups is 1. The van der Waals surface area contributed by atoms with Gasteiger partial charge in [0.05, 0.1) is 0 Å². The van der Waals surface area contributed by atoms with Crippen LogP contribution in [0.4, 0.5) is 0 Å². The number of carbonyl (C=O) groups is 1. The minimum Gasteiger partial charge on any atom is -0.409 e. The number of aryl methyl sites for hydroxylation is 1. The zero-order valence-corrected chi connectivity index (χ0v) is 13.0. The quantitative estimate of drug-likeness (QED) is 0.381. The predicted molar refractivity (Wildman–Crippen MR) is 82.8 cm³/mol. The van der Waals surface area contributed by atoms with Crippen molar-refractivity contribution < 1.29 is 10.0 Å². The molecular formula is C15H20ClN3O2. The molecule has 0 aliphatic carbocycles. The van der Waals surface area contributed by atoms with Gasteiger partial charge in [0, 0.05) is 29.1 Å². The first-order valence-corrected chi connectivity index (χ1v) is 7.28. The van der Waals surface area contributed by atoms with Crippen molar-refractivity contribution in [2.45, 2.75) is 26.7 Å². The number of benzene rings is 1. The van der Waals surface area contributed by atoms with Gasteiger partial charge in [-0.25, -0.2) is 0 Å². The smallest absolute Gasteiger partial charge is 0.254 e. The van der Waals surface area contributed by atoms with Gasteiger partial charge in [0.2, 0.25) is 0 Å². The molecule has 1 fully saturated rings. The molecule has 21 heavy (non-hydrogen) atoms. The molecule has 0 atom stereocenters. The fraction of sp³-hybridized carbons (Fsp3) is 0.467. The third-order valence-electron chi connectivity index (χ3n) is 4.30. The summed E-state index contributed by atoms with van der Waals surface area (Å²) < 4.78 is 0. The lowest BCUT2D eigenvalue weighted by atomic mass is 9.79. The lowest BCUT2D eigenvalue weighted by Crippen LogP contribution is -2.47. The Balaban J connectivity index is 2.10. The molecule has 3 N–H and O–H groups in total. The summed E-state index contributed by atoms with van der Waals surface area (Å²) in [5, 5.41) is 12.6. The number of halogens is 1. The van der Waals surface area contributed by atoms with Crippen molar-refractivity contribution in [2.75, 3.05) is 13.1 Å². The lowest BCUT2D eigenvalue weighted by molar-refractivity contribution is 0.0666. The maximum atomic E-state index is 12.6. The van der Waals surface area contributed by atoms with Gasteiger partial charge in [-0.1, -0.05) is 23.7 Å². The number of amidine groups is 1. The normalized spacial score (nSPS) is 18.6. The molecule has 0 aromatic heterocycles. The van der Waals surface area contributed by atoms with E-state index < -0.39 is 0 Å². The molecule has 1 amide bonds. The van der Waals surface area contributed by atoms with Crippen LogP contribution in [0.1, 0.15) is 35.7 Å². The molecule has 1 aromatic rings. The molecule has 1 aromatic carbocycles. The molecule has 5 nitrogen and oxygen atoms in total. The molecule has 0 unspecified atom stereocenters. The van der Waals surface area contributed by atoms with E-state index in [-0.39, 0.29) is 17.2 Å². The fourth-order valence-corrected chi connectivity index (χ4v) is 2.84. The van der Waals surface area contributed by atoms with Crippen LogP contribution in [0.2, 0.25) is 5.02 Å². The Bertz CT molecular complexity index is 578. The zero-order valence-electron chi connectivity index (χ0n) is 12.3. The second-order valence-corrected chi connectivity index (χ2v) is 6.23. The highest BCUT2D eigenvalue weighted by molar-refractivity contribution is 6.30. The summed E-state index contributed by atoms with van der Waals surface area (Å²) >= 11 is 5.92. The molecule has 0 radical (unpaired) electrons. The van der Waals surface area contributed by atoms with Gasteiger partial charge in [-0.05, 0) is 43.5 Å². The molecular weight excluding hydrogens is 290 g/mol. The van der Waals surface area contributed by atoms with E-state index in [9.17, 15) is 4.79 Å². The molecule has 1 heterocycles. The molecule has 0 saturated carbocycles. The second kappa shape index (κ2) is 5.93. The van der Waals surface area contributed by atoms with Crippen LogP contribution in [-0.4, -0.2) is 34.9 Å². The third-order valence-corrected chi connectivity index (χ3v) is 4.53. The minimum absolute atomic E-state index is 0.00530. The Morgan fingerprint density at radius 3 is 2.57 bits per heavy atom. The van der Waals surface area contributed by atoms with Crippen molar-refractivity contribution in [3.05, 3.63) is 34.3 Å². The number of piperidine rings is 1. The van der Waals surface area contributed by atoms with Crippen LogP contribution in [0, 0.1) is 12.3 Å². The van der Waals surface area contributed by atoms with Gasteiger partial charge < -0.3 is 15.8 Å². The highest BCUT2D eigenvalue weighted by Gasteiger charge is 2.35. The van der Waals surface area contributed by atoms with E-state index in [4.69, 9.17) is 22.5 Å². The summed E-state index contributed by atoms with van der Waals surface area (Å²) in [5.41, 5.74) is 6.94. The maximum Gasteiger partial charge on any atom is 0.254 e. The fourth-order valence-electron chi connectivity index (χ4n) is 2.62. The van der Waals surface area contributed by atoms with E-state index in [2.05, 4.69) is 5.16 Å². The molecule has 1 aliphatic heterocycles. The van der Waals surface area contributed by atoms with E-state index in [1.807, 2.05) is 18.7 Å². The van der Waals surface area contributed by atoms with E-state index in [0.29, 0.717) is 36.5 Å². The van der Waals surface area contributed by atoms with E-state index in [1.165, 1.54) is 0 Å². The number of nitrogens with two attached hydrogens (primary N) is 1. The van der Waals surface area contributed by atoms with Crippen molar-refractivity contribution in [1.82, 2.24) is 4.90 Å². The van der Waals surface area contributed by atoms with Gasteiger partial charge in [0.15, 0.2) is 0 Å². The van der Waals surface area contributed by atoms with Crippen LogP contribution in [0.5, 0.6) is 0 Å². The van der Waals surface area contributed by atoms with Crippen LogP contribution >= 0.6 is 11.6 Å². The van der Waals surface area contributed by atoms with Crippen molar-refractivity contribution >= 4 is 23.3 Å². The molecule has 114 valence electrons. The Morgan fingerprint density at radius 2 is 2.05 bits per heavy atom. The Morgan fingerprint density at radius 1 is 1.43 bits per heavy atom. The summed E-state index contributed by atoms with van der Waals surface area (Å²) in [6.45, 7) is 5.02. The highest BCUT2D eigenvalue weighted by Crippen LogP contribution is 2.32. The van der Waals surface area contributed by atoms with Crippen LogP contribution in [0.15, 0.2) is 23.4 Å². The van der Waals surface area contributed by atoms with E-state index >= 15 is 0 Å². The van der Waals surface area contributed by atoms with Crippen LogP contribution in [0.3, 0.4) is 0 Å². The van der Waals surface area contributed by atoms with Crippen LogP contribution in [-0.2, 0) is 0 Å². The molecule has 0 spiro atoms. The van der Waals surface area contributed by atoms with Crippen LogP contribution in [0.25, 0.3) is 0 Å². The van der Waals surface area contributed by atoms with Gasteiger partial charge in [0.1, 0.15) is 5.84 Å². The van der Waals surface area contributed by atoms with Crippen molar-refractivity contribution in [3.8, 4) is 0 Å². The number of likely N-dealkylation sites (tertiary alicyclic amines) is 1. The SMILES string of the molecule is Cc1cc(Cl)ccc1C(=O)N1CCC(C)(/C(N)=N/O)CC1. The molecule has 6 heteroatoms. The summed E-state index contributed by atoms with van der Waals surface area (Å²) in [6.07, 6.45) is 1.36. The van der Waals surface area contributed by atoms with Gasteiger partial charge in [-0.2, -0.15) is 0 Å². The number of hydrogen-bond acceptors (Lipinski definition) is 3. The van der Waals surface area contributed by atoms with Gasteiger partial charge in [-0.15, -0.1) is 0 Å². The molecule has 1 aliphatic rings. The number of hydrogen-bond donors (Lipinski definition) is 2. The van der Waals surface area contributed by atoms with Crippen molar-refractivity contribution in [2.24, 2.45) is 16.3 Å². The second-order valence-electron chi connectivity index (χ2n) is 5.80. The first-order chi connectivity index (χ1) is 9.87. The molecule has 2 rings (SSSR count). The van der Waals surface area contributed by atoms with E-state index in [0.717, 1.165) is 5.56 Å². The van der Waals surface area contributed by atoms with Crippen molar-refractivity contribution in [3.63, 3.8) is 0 Å². The molecule has 1 saturated heterocycles. The lowest BCUT2D eigenvalue weighted by Gasteiger charge is -2.38. The number of nitrogens with zero attached hydrogens (tertiary/aromatic N) is 2. The first kappa shape index (κ1) is 15.6. The van der Waals surface area contributed by atoms with Crippen LogP contribution < -0.4 is 5.73 Å². The largest absolute Gasteiger partial charge is 0.409 e. The van der Waals surface area contributed by atoms with Gasteiger partial charge >= 0.3 is 0 Å². The summed E-state index contributed by atoms with van der Waals surface area (Å²) in [7, 11) is 0. The summed E-state index contributed by atoms with van der Waals surface area (Å²) in [6, 6.07) is 5.28. The van der Waals surface area contributed by atoms with Crippen molar-refractivity contribution in [1.29, 1.82) is 0 Å². The first-order valence-electron chi connectivity index (χ1n) is 6.91. The van der Waals surface area contributed by atoms with Gasteiger partial charge in [0.25, 0.3) is 5.91 Å². The average Bonchev–Trinajstić information content (AvgIpc) is 2.46. The molecule has 0 bridgehead atoms. The topological polar surface area (TPSA) is 78.9 Å². The Labute approximate surface area is 129 Å². The monoisotopic (exact) mass is 309 g/mol. The Kier molecular flexibility index (Phi) is 4.42. The summed E-state index contributed by atoms with van der Waals surface area (Å²) in [5.74, 6) is 0.239. The predicted octanol–water partition coefficient (Wildman–Crippen LogP) is 2.64. The number of rotatable bonds is 2.